The Labute approximate surface area is 72.4 Å². The van der Waals surface area contributed by atoms with Gasteiger partial charge < -0.3 is 15.9 Å². The Kier molecular flexibility index (Phi) is 7.73. The van der Waals surface area contributed by atoms with Crippen molar-refractivity contribution in [2.24, 2.45) is 11.6 Å². The van der Waals surface area contributed by atoms with Crippen LogP contribution in [0.4, 0.5) is 4.79 Å². The van der Waals surface area contributed by atoms with E-state index in [4.69, 9.17) is 5.73 Å². The van der Waals surface area contributed by atoms with Gasteiger partial charge in [0.25, 0.3) is 0 Å². The Bertz CT molecular complexity index is 119. The molecule has 5 heteroatoms. The first-order valence-corrected chi connectivity index (χ1v) is 4.16. The highest BCUT2D eigenvalue weighted by molar-refractivity contribution is 5.66. The van der Waals surface area contributed by atoms with Gasteiger partial charge in [-0.15, -0.1) is 0 Å². The zero-order valence-corrected chi connectivity index (χ0v) is 7.21. The molecule has 0 aliphatic rings. The molecule has 0 fully saturated rings. The molecule has 0 rings (SSSR count). The Morgan fingerprint density at radius 2 is 1.92 bits per heavy atom. The van der Waals surface area contributed by atoms with Crippen LogP contribution in [0.5, 0.6) is 0 Å². The van der Waals surface area contributed by atoms with Gasteiger partial charge in [-0.2, -0.15) is 5.90 Å². The zero-order valence-electron chi connectivity index (χ0n) is 7.21. The van der Waals surface area contributed by atoms with Crippen LogP contribution in [-0.2, 0) is 4.84 Å². The van der Waals surface area contributed by atoms with Crippen LogP contribution in [0.15, 0.2) is 0 Å². The van der Waals surface area contributed by atoms with E-state index in [0.29, 0.717) is 6.54 Å². The topological polar surface area (TPSA) is 90.4 Å². The molecule has 0 bridgehead atoms. The monoisotopic (exact) mass is 175 g/mol. The lowest BCUT2D eigenvalue weighted by Gasteiger charge is -2.01. The van der Waals surface area contributed by atoms with Crippen molar-refractivity contribution in [2.45, 2.75) is 25.7 Å². The Morgan fingerprint density at radius 3 is 2.50 bits per heavy atom. The molecule has 0 atom stereocenters. The molecule has 0 aliphatic heterocycles. The molecule has 72 valence electrons. The minimum atomic E-state index is -0.575. The molecule has 5 N–H and O–H groups in total. The van der Waals surface area contributed by atoms with Crippen LogP contribution < -0.4 is 16.9 Å². The van der Waals surface area contributed by atoms with Crippen LogP contribution >= 0.6 is 0 Å². The molecule has 0 radical (unpaired) electrons. The Balaban J connectivity index is 2.95. The summed E-state index contributed by atoms with van der Waals surface area (Å²) in [6, 6.07) is 0. The van der Waals surface area contributed by atoms with Crippen molar-refractivity contribution >= 4 is 6.09 Å². The summed E-state index contributed by atoms with van der Waals surface area (Å²) in [7, 11) is 0. The van der Waals surface area contributed by atoms with Gasteiger partial charge in [-0.1, -0.05) is 12.8 Å². The van der Waals surface area contributed by atoms with Crippen molar-refractivity contribution in [1.82, 2.24) is 5.32 Å². The quantitative estimate of drug-likeness (QED) is 0.394. The van der Waals surface area contributed by atoms with Gasteiger partial charge in [0.2, 0.25) is 0 Å². The lowest BCUT2D eigenvalue weighted by molar-refractivity contribution is 0.147. The van der Waals surface area contributed by atoms with E-state index in [9.17, 15) is 4.79 Å². The number of carbonyl (C=O) groups is 1. The molecule has 0 aliphatic carbocycles. The van der Waals surface area contributed by atoms with Crippen molar-refractivity contribution in [3.8, 4) is 0 Å². The molecule has 0 aromatic carbocycles. The van der Waals surface area contributed by atoms with Crippen molar-refractivity contribution in [3.05, 3.63) is 0 Å². The predicted octanol–water partition coefficient (Wildman–Crippen LogP) is 0.105. The first-order valence-electron chi connectivity index (χ1n) is 4.16. The summed E-state index contributed by atoms with van der Waals surface area (Å²) < 4.78 is 0. The van der Waals surface area contributed by atoms with Gasteiger partial charge in [0.1, 0.15) is 0 Å². The van der Waals surface area contributed by atoms with Crippen molar-refractivity contribution in [2.75, 3.05) is 13.1 Å². The van der Waals surface area contributed by atoms with E-state index < -0.39 is 6.09 Å². The Hall–Kier alpha value is -0.810. The van der Waals surface area contributed by atoms with Gasteiger partial charge in [-0.3, -0.25) is 0 Å². The number of carbonyl (C=O) groups excluding carboxylic acids is 1. The highest BCUT2D eigenvalue weighted by atomic mass is 16.7. The molecule has 0 aromatic rings. The van der Waals surface area contributed by atoms with Crippen LogP contribution in [0.3, 0.4) is 0 Å². The molecule has 1 amide bonds. The largest absolute Gasteiger partial charge is 0.425 e. The number of nitrogens with two attached hydrogens (primary N) is 2. The van der Waals surface area contributed by atoms with Crippen LogP contribution in [-0.4, -0.2) is 19.2 Å². The van der Waals surface area contributed by atoms with Gasteiger partial charge in [-0.05, 0) is 19.4 Å². The van der Waals surface area contributed by atoms with E-state index in [2.05, 4.69) is 16.1 Å². The molecule has 0 saturated heterocycles. The summed E-state index contributed by atoms with van der Waals surface area (Å²) >= 11 is 0. The smallest absolute Gasteiger partial charge is 0.357 e. The number of hydrogen-bond donors (Lipinski definition) is 3. The molecular weight excluding hydrogens is 158 g/mol. The van der Waals surface area contributed by atoms with E-state index in [1.54, 1.807) is 0 Å². The third-order valence-corrected chi connectivity index (χ3v) is 1.51. The maximum absolute atomic E-state index is 10.4. The van der Waals surface area contributed by atoms with Crippen LogP contribution in [0.1, 0.15) is 25.7 Å². The average molecular weight is 175 g/mol. The fourth-order valence-electron chi connectivity index (χ4n) is 0.855. The third-order valence-electron chi connectivity index (χ3n) is 1.51. The second-order valence-electron chi connectivity index (χ2n) is 2.53. The molecule has 0 saturated carbocycles. The van der Waals surface area contributed by atoms with E-state index in [1.165, 1.54) is 0 Å². The number of amides is 1. The summed E-state index contributed by atoms with van der Waals surface area (Å²) in [4.78, 5) is 14.3. The summed E-state index contributed by atoms with van der Waals surface area (Å²) in [5.41, 5.74) is 5.31. The van der Waals surface area contributed by atoms with Crippen molar-refractivity contribution < 1.29 is 9.63 Å². The predicted molar refractivity (Wildman–Crippen MR) is 46.2 cm³/mol. The second-order valence-corrected chi connectivity index (χ2v) is 2.53. The summed E-state index contributed by atoms with van der Waals surface area (Å²) in [6.07, 6.45) is 3.59. The maximum atomic E-state index is 10.4. The summed E-state index contributed by atoms with van der Waals surface area (Å²) in [6.45, 7) is 1.35. The molecular formula is C7H17N3O2. The summed E-state index contributed by atoms with van der Waals surface area (Å²) in [5, 5.41) is 2.49. The third kappa shape index (κ3) is 7.30. The van der Waals surface area contributed by atoms with Gasteiger partial charge in [0.15, 0.2) is 0 Å². The number of nitrogens with one attached hydrogen (secondary N) is 1. The number of unbranched alkanes of at least 4 members (excludes halogenated alkanes) is 3. The van der Waals surface area contributed by atoms with E-state index in [0.717, 1.165) is 32.2 Å². The highest BCUT2D eigenvalue weighted by Crippen LogP contribution is 1.96. The minimum Gasteiger partial charge on any atom is -0.357 e. The van der Waals surface area contributed by atoms with Gasteiger partial charge in [0, 0.05) is 6.54 Å². The molecule has 0 spiro atoms. The summed E-state index contributed by atoms with van der Waals surface area (Å²) in [5.74, 6) is 4.61. The molecule has 5 nitrogen and oxygen atoms in total. The van der Waals surface area contributed by atoms with Gasteiger partial charge in [-0.25, -0.2) is 4.79 Å². The van der Waals surface area contributed by atoms with E-state index in [1.807, 2.05) is 0 Å². The van der Waals surface area contributed by atoms with E-state index >= 15 is 0 Å². The van der Waals surface area contributed by atoms with Crippen LogP contribution in [0, 0.1) is 0 Å². The zero-order chi connectivity index (χ0) is 9.23. The van der Waals surface area contributed by atoms with Gasteiger partial charge >= 0.3 is 6.09 Å². The highest BCUT2D eigenvalue weighted by Gasteiger charge is 1.96. The number of hydrogen-bond acceptors (Lipinski definition) is 4. The van der Waals surface area contributed by atoms with E-state index in [-0.39, 0.29) is 0 Å². The first-order chi connectivity index (χ1) is 5.81. The standard InChI is InChI=1S/C7H17N3O2/c8-5-3-1-2-4-6-10-7(11)12-9/h1-6,8-9H2,(H,10,11). The lowest BCUT2D eigenvalue weighted by Crippen LogP contribution is -2.27. The normalized spacial score (nSPS) is 9.50. The SMILES string of the molecule is NCCCCCCNC(=O)ON. The first kappa shape index (κ1) is 11.2. The lowest BCUT2D eigenvalue weighted by atomic mass is 10.2. The maximum Gasteiger partial charge on any atom is 0.425 e. The fourth-order valence-corrected chi connectivity index (χ4v) is 0.855. The molecule has 12 heavy (non-hydrogen) atoms. The second kappa shape index (κ2) is 8.29. The minimum absolute atomic E-state index is 0.575. The van der Waals surface area contributed by atoms with Gasteiger partial charge in [0.05, 0.1) is 0 Å². The molecule has 0 unspecified atom stereocenters. The van der Waals surface area contributed by atoms with Crippen LogP contribution in [0.2, 0.25) is 0 Å². The van der Waals surface area contributed by atoms with Crippen LogP contribution in [0.25, 0.3) is 0 Å². The van der Waals surface area contributed by atoms with Crippen molar-refractivity contribution in [3.63, 3.8) is 0 Å². The molecule has 0 aromatic heterocycles. The number of rotatable bonds is 6. The Morgan fingerprint density at radius 1 is 1.25 bits per heavy atom. The van der Waals surface area contributed by atoms with Crippen molar-refractivity contribution in [1.29, 1.82) is 0 Å². The average Bonchev–Trinajstić information content (AvgIpc) is 2.10. The molecule has 0 heterocycles. The fraction of sp³-hybridized carbons (Fsp3) is 0.857.